The van der Waals surface area contributed by atoms with Crippen molar-refractivity contribution in [1.29, 1.82) is 0 Å². The highest BCUT2D eigenvalue weighted by atomic mass is 16.5. The number of carbonyl (C=O) groups excluding carboxylic acids is 1. The quantitative estimate of drug-likeness (QED) is 0.613. The van der Waals surface area contributed by atoms with Crippen LogP contribution in [0.15, 0.2) is 90.7 Å². The van der Waals surface area contributed by atoms with Crippen molar-refractivity contribution < 1.29 is 9.53 Å². The zero-order valence-electron chi connectivity index (χ0n) is 18.7. The Morgan fingerprint density at radius 2 is 1.65 bits per heavy atom. The van der Waals surface area contributed by atoms with Gasteiger partial charge in [0.1, 0.15) is 5.75 Å². The fraction of sp³-hybridized carbons (Fsp3) is 0.222. The number of carbonyl (C=O) groups is 1. The molecule has 0 unspecified atom stereocenters. The largest absolute Gasteiger partial charge is 0.497 e. The molecule has 0 aromatic heterocycles. The highest BCUT2D eigenvalue weighted by Crippen LogP contribution is 2.25. The maximum Gasteiger partial charge on any atom is 0.253 e. The van der Waals surface area contributed by atoms with Gasteiger partial charge < -0.3 is 15.4 Å². The van der Waals surface area contributed by atoms with E-state index in [-0.39, 0.29) is 11.3 Å². The fourth-order valence-electron chi connectivity index (χ4n) is 3.25. The SMILES string of the molecule is C=C(NC1=C(C(=O)Nc2ccc(OC)cc2)CC=CC=C1)c1ccc(C(C)(C)C)cc1. The van der Waals surface area contributed by atoms with Crippen LogP contribution < -0.4 is 15.4 Å². The molecule has 1 aliphatic carbocycles. The second kappa shape index (κ2) is 9.52. The Hall–Kier alpha value is -3.53. The van der Waals surface area contributed by atoms with E-state index >= 15 is 0 Å². The molecule has 160 valence electrons. The van der Waals surface area contributed by atoms with Crippen LogP contribution in [-0.4, -0.2) is 13.0 Å². The van der Waals surface area contributed by atoms with Crippen LogP contribution in [0.4, 0.5) is 5.69 Å². The van der Waals surface area contributed by atoms with E-state index in [0.717, 1.165) is 22.7 Å². The van der Waals surface area contributed by atoms with E-state index in [1.54, 1.807) is 7.11 Å². The fourth-order valence-corrected chi connectivity index (χ4v) is 3.25. The Kier molecular flexibility index (Phi) is 6.81. The number of hydrogen-bond acceptors (Lipinski definition) is 3. The van der Waals surface area contributed by atoms with Crippen LogP contribution in [0.5, 0.6) is 5.75 Å². The first kappa shape index (κ1) is 22.2. The molecule has 3 rings (SSSR count). The van der Waals surface area contributed by atoms with Gasteiger partial charge in [0.2, 0.25) is 0 Å². The lowest BCUT2D eigenvalue weighted by Gasteiger charge is -2.20. The van der Waals surface area contributed by atoms with Crippen molar-refractivity contribution in [3.8, 4) is 5.75 Å². The van der Waals surface area contributed by atoms with Gasteiger partial charge >= 0.3 is 0 Å². The number of amides is 1. The van der Waals surface area contributed by atoms with E-state index in [9.17, 15) is 4.79 Å². The minimum Gasteiger partial charge on any atom is -0.497 e. The van der Waals surface area contributed by atoms with Gasteiger partial charge in [0.05, 0.1) is 7.11 Å². The van der Waals surface area contributed by atoms with Gasteiger partial charge in [-0.15, -0.1) is 0 Å². The molecule has 2 aromatic carbocycles. The number of allylic oxidation sites excluding steroid dienone is 4. The summed E-state index contributed by atoms with van der Waals surface area (Å²) < 4.78 is 5.18. The van der Waals surface area contributed by atoms with Gasteiger partial charge in [-0.3, -0.25) is 4.79 Å². The van der Waals surface area contributed by atoms with Crippen molar-refractivity contribution in [2.75, 3.05) is 12.4 Å². The monoisotopic (exact) mass is 414 g/mol. The number of rotatable bonds is 6. The second-order valence-electron chi connectivity index (χ2n) is 8.50. The average Bonchev–Trinajstić information content (AvgIpc) is 2.99. The zero-order valence-corrected chi connectivity index (χ0v) is 18.7. The molecule has 0 saturated heterocycles. The van der Waals surface area contributed by atoms with Crippen molar-refractivity contribution in [2.24, 2.45) is 0 Å². The summed E-state index contributed by atoms with van der Waals surface area (Å²) in [4.78, 5) is 13.0. The van der Waals surface area contributed by atoms with Gasteiger partial charge in [-0.1, -0.05) is 69.8 Å². The van der Waals surface area contributed by atoms with Gasteiger partial charge in [0.15, 0.2) is 0 Å². The molecule has 0 radical (unpaired) electrons. The summed E-state index contributed by atoms with van der Waals surface area (Å²) in [5.41, 5.74) is 5.19. The number of methoxy groups -OCH3 is 1. The lowest BCUT2D eigenvalue weighted by Crippen LogP contribution is -2.20. The van der Waals surface area contributed by atoms with Crippen LogP contribution in [0.2, 0.25) is 0 Å². The van der Waals surface area contributed by atoms with Crippen molar-refractivity contribution in [3.05, 3.63) is 102 Å². The molecule has 1 aliphatic rings. The molecule has 2 aromatic rings. The number of anilines is 1. The maximum absolute atomic E-state index is 13.0. The highest BCUT2D eigenvalue weighted by Gasteiger charge is 2.17. The van der Waals surface area contributed by atoms with E-state index in [4.69, 9.17) is 4.74 Å². The van der Waals surface area contributed by atoms with Crippen LogP contribution in [0.25, 0.3) is 5.70 Å². The third kappa shape index (κ3) is 5.76. The van der Waals surface area contributed by atoms with Crippen molar-refractivity contribution in [1.82, 2.24) is 5.32 Å². The zero-order chi connectivity index (χ0) is 22.4. The molecule has 0 aliphatic heterocycles. The maximum atomic E-state index is 13.0. The average molecular weight is 415 g/mol. The molecule has 4 nitrogen and oxygen atoms in total. The molecule has 0 bridgehead atoms. The smallest absolute Gasteiger partial charge is 0.253 e. The molecule has 1 amide bonds. The van der Waals surface area contributed by atoms with E-state index in [2.05, 4.69) is 62.2 Å². The summed E-state index contributed by atoms with van der Waals surface area (Å²) in [6.07, 6.45) is 8.26. The topological polar surface area (TPSA) is 50.4 Å². The Balaban J connectivity index is 1.79. The first-order valence-electron chi connectivity index (χ1n) is 10.4. The van der Waals surface area contributed by atoms with Crippen LogP contribution in [-0.2, 0) is 10.2 Å². The minimum absolute atomic E-state index is 0.0955. The van der Waals surface area contributed by atoms with E-state index < -0.39 is 0 Å². The first-order valence-corrected chi connectivity index (χ1v) is 10.4. The molecular weight excluding hydrogens is 384 g/mol. The number of hydrogen-bond donors (Lipinski definition) is 2. The molecule has 0 spiro atoms. The molecule has 0 saturated carbocycles. The summed E-state index contributed by atoms with van der Waals surface area (Å²) in [5.74, 6) is 0.591. The third-order valence-corrected chi connectivity index (χ3v) is 5.16. The molecule has 4 heteroatoms. The Labute approximate surface area is 185 Å². The first-order chi connectivity index (χ1) is 14.8. The lowest BCUT2D eigenvalue weighted by atomic mass is 9.86. The molecule has 0 heterocycles. The summed E-state index contributed by atoms with van der Waals surface area (Å²) in [6.45, 7) is 10.8. The van der Waals surface area contributed by atoms with Crippen molar-refractivity contribution in [3.63, 3.8) is 0 Å². The molecule has 2 N–H and O–H groups in total. The Morgan fingerprint density at radius 1 is 0.968 bits per heavy atom. The molecular formula is C27H30N2O2. The van der Waals surface area contributed by atoms with Crippen LogP contribution >= 0.6 is 0 Å². The van der Waals surface area contributed by atoms with Gasteiger partial charge in [0, 0.05) is 22.7 Å². The van der Waals surface area contributed by atoms with E-state index in [1.165, 1.54) is 5.56 Å². The molecule has 31 heavy (non-hydrogen) atoms. The highest BCUT2D eigenvalue weighted by molar-refractivity contribution is 6.05. The van der Waals surface area contributed by atoms with Crippen LogP contribution in [0, 0.1) is 0 Å². The Morgan fingerprint density at radius 3 is 2.26 bits per heavy atom. The van der Waals surface area contributed by atoms with Gasteiger partial charge in [-0.2, -0.15) is 0 Å². The number of ether oxygens (including phenoxy) is 1. The van der Waals surface area contributed by atoms with Gasteiger partial charge in [-0.25, -0.2) is 0 Å². The summed E-state index contributed by atoms with van der Waals surface area (Å²) in [7, 11) is 1.62. The standard InChI is InChI=1S/C27H30N2O2/c1-19(20-11-13-21(14-12-20)27(2,3)4)28-25-10-8-6-7-9-24(25)26(30)29-22-15-17-23(31-5)18-16-22/h6-8,10-18,28H,1,9H2,2-5H3,(H,29,30). The number of benzene rings is 2. The number of nitrogens with one attached hydrogen (secondary N) is 2. The van der Waals surface area contributed by atoms with Crippen molar-refractivity contribution in [2.45, 2.75) is 32.6 Å². The summed E-state index contributed by atoms with van der Waals surface area (Å²) in [5, 5.41) is 6.31. The van der Waals surface area contributed by atoms with Gasteiger partial charge in [-0.05, 0) is 53.3 Å². The predicted octanol–water partition coefficient (Wildman–Crippen LogP) is 5.96. The minimum atomic E-state index is -0.153. The second-order valence-corrected chi connectivity index (χ2v) is 8.50. The van der Waals surface area contributed by atoms with Crippen molar-refractivity contribution >= 4 is 17.3 Å². The predicted molar refractivity (Wildman–Crippen MR) is 129 cm³/mol. The normalized spacial score (nSPS) is 13.5. The molecule has 0 atom stereocenters. The van der Waals surface area contributed by atoms with E-state index in [1.807, 2.05) is 48.6 Å². The van der Waals surface area contributed by atoms with E-state index in [0.29, 0.717) is 17.7 Å². The molecule has 0 fully saturated rings. The summed E-state index contributed by atoms with van der Waals surface area (Å²) in [6, 6.07) is 15.7. The van der Waals surface area contributed by atoms with Gasteiger partial charge in [0.25, 0.3) is 5.91 Å². The van der Waals surface area contributed by atoms with Crippen LogP contribution in [0.3, 0.4) is 0 Å². The third-order valence-electron chi connectivity index (χ3n) is 5.16. The Bertz CT molecular complexity index is 1030. The van der Waals surface area contributed by atoms with Crippen LogP contribution in [0.1, 0.15) is 38.3 Å². The lowest BCUT2D eigenvalue weighted by molar-refractivity contribution is -0.113. The summed E-state index contributed by atoms with van der Waals surface area (Å²) >= 11 is 0.